The number of rotatable bonds is 3. The van der Waals surface area contributed by atoms with Crippen LogP contribution in [0.3, 0.4) is 0 Å². The molecule has 0 bridgehead atoms. The molecule has 2 aromatic rings. The van der Waals surface area contributed by atoms with E-state index in [2.05, 4.69) is 34.0 Å². The lowest BCUT2D eigenvalue weighted by Gasteiger charge is -2.26. The predicted octanol–water partition coefficient (Wildman–Crippen LogP) is 4.36. The van der Waals surface area contributed by atoms with Gasteiger partial charge in [0, 0.05) is 18.8 Å². The summed E-state index contributed by atoms with van der Waals surface area (Å²) in [5, 5.41) is 2.98. The summed E-state index contributed by atoms with van der Waals surface area (Å²) in [5.74, 6) is 1.32. The summed E-state index contributed by atoms with van der Waals surface area (Å²) in [5.41, 5.74) is 2.42. The van der Waals surface area contributed by atoms with Gasteiger partial charge in [-0.3, -0.25) is 4.79 Å². The average Bonchev–Trinajstić information content (AvgIpc) is 2.75. The van der Waals surface area contributed by atoms with Gasteiger partial charge in [-0.05, 0) is 50.7 Å². The minimum atomic E-state index is -0.146. The van der Waals surface area contributed by atoms with E-state index in [1.54, 1.807) is 0 Å². The lowest BCUT2D eigenvalue weighted by Crippen LogP contribution is -2.30. The third-order valence-corrected chi connectivity index (χ3v) is 5.08. The number of carbonyl (C=O) groups excluding carboxylic acids is 1. The lowest BCUT2D eigenvalue weighted by atomic mass is 9.85. The number of nitrogens with zero attached hydrogens (tertiary/aromatic N) is 3. The number of para-hydroxylation sites is 1. The van der Waals surface area contributed by atoms with Crippen LogP contribution in [0.1, 0.15) is 55.0 Å². The fraction of sp³-hybridized carbons (Fsp3) is 0.476. The average molecular weight is 352 g/mol. The third-order valence-electron chi connectivity index (χ3n) is 5.08. The quantitative estimate of drug-likeness (QED) is 0.891. The van der Waals surface area contributed by atoms with E-state index in [1.807, 2.05) is 44.2 Å². The van der Waals surface area contributed by atoms with Gasteiger partial charge in [-0.1, -0.05) is 32.0 Å². The normalized spacial score (nSPS) is 16.8. The fourth-order valence-electron chi connectivity index (χ4n) is 3.54. The summed E-state index contributed by atoms with van der Waals surface area (Å²) in [6.45, 7) is 10.2. The number of hydrogen-bond donors (Lipinski definition) is 1. The molecule has 138 valence electrons. The topological polar surface area (TPSA) is 58.1 Å². The van der Waals surface area contributed by atoms with Gasteiger partial charge < -0.3 is 10.2 Å². The van der Waals surface area contributed by atoms with Crippen molar-refractivity contribution in [3.63, 3.8) is 0 Å². The molecule has 0 unspecified atom stereocenters. The Morgan fingerprint density at radius 1 is 1.08 bits per heavy atom. The minimum absolute atomic E-state index is 0.146. The second kappa shape index (κ2) is 7.44. The molecule has 1 aromatic carbocycles. The summed E-state index contributed by atoms with van der Waals surface area (Å²) >= 11 is 0. The van der Waals surface area contributed by atoms with Crippen molar-refractivity contribution in [2.24, 2.45) is 5.41 Å². The number of amides is 1. The molecule has 1 amide bonds. The Bertz CT molecular complexity index is 786. The molecule has 0 radical (unpaired) electrons. The van der Waals surface area contributed by atoms with Crippen molar-refractivity contribution in [3.8, 4) is 0 Å². The van der Waals surface area contributed by atoms with Crippen LogP contribution in [0.4, 0.5) is 11.5 Å². The molecule has 1 fully saturated rings. The molecular weight excluding hydrogens is 324 g/mol. The molecule has 1 aromatic heterocycles. The van der Waals surface area contributed by atoms with Crippen molar-refractivity contribution >= 4 is 17.4 Å². The van der Waals surface area contributed by atoms with E-state index in [0.717, 1.165) is 43.1 Å². The van der Waals surface area contributed by atoms with Crippen LogP contribution in [0.15, 0.2) is 30.3 Å². The van der Waals surface area contributed by atoms with Gasteiger partial charge in [-0.25, -0.2) is 9.97 Å². The predicted molar refractivity (Wildman–Crippen MR) is 106 cm³/mol. The van der Waals surface area contributed by atoms with Crippen LogP contribution in [0, 0.1) is 19.3 Å². The minimum Gasteiger partial charge on any atom is -0.356 e. The number of hydrogen-bond acceptors (Lipinski definition) is 4. The smallest absolute Gasteiger partial charge is 0.261 e. The summed E-state index contributed by atoms with van der Waals surface area (Å²) in [4.78, 5) is 24.4. The van der Waals surface area contributed by atoms with E-state index in [4.69, 9.17) is 0 Å². The monoisotopic (exact) mass is 352 g/mol. The summed E-state index contributed by atoms with van der Waals surface area (Å²) in [7, 11) is 0. The maximum atomic E-state index is 13.0. The first-order chi connectivity index (χ1) is 12.4. The van der Waals surface area contributed by atoms with Crippen LogP contribution in [-0.2, 0) is 0 Å². The molecule has 26 heavy (non-hydrogen) atoms. The highest BCUT2D eigenvalue weighted by Crippen LogP contribution is 2.32. The first-order valence-corrected chi connectivity index (χ1v) is 9.32. The van der Waals surface area contributed by atoms with Crippen LogP contribution in [0.25, 0.3) is 0 Å². The second-order valence-electron chi connectivity index (χ2n) is 7.88. The zero-order chi connectivity index (χ0) is 18.7. The van der Waals surface area contributed by atoms with Crippen LogP contribution < -0.4 is 10.2 Å². The molecule has 1 N–H and O–H groups in total. The highest BCUT2D eigenvalue weighted by Gasteiger charge is 2.27. The van der Waals surface area contributed by atoms with Gasteiger partial charge in [0.1, 0.15) is 17.2 Å². The molecule has 0 atom stereocenters. The lowest BCUT2D eigenvalue weighted by molar-refractivity contribution is 0.102. The Kier molecular flexibility index (Phi) is 5.25. The first kappa shape index (κ1) is 18.4. The number of anilines is 2. The molecular formula is C21H28N4O. The van der Waals surface area contributed by atoms with Gasteiger partial charge in [0.25, 0.3) is 5.91 Å². The van der Waals surface area contributed by atoms with Gasteiger partial charge >= 0.3 is 0 Å². The highest BCUT2D eigenvalue weighted by atomic mass is 16.1. The van der Waals surface area contributed by atoms with Gasteiger partial charge in [-0.2, -0.15) is 0 Å². The summed E-state index contributed by atoms with van der Waals surface area (Å²) in [6, 6.07) is 9.52. The molecule has 0 aliphatic carbocycles. The van der Waals surface area contributed by atoms with Crippen molar-refractivity contribution in [2.45, 2.75) is 47.0 Å². The van der Waals surface area contributed by atoms with Crippen LogP contribution >= 0.6 is 0 Å². The van der Waals surface area contributed by atoms with E-state index in [9.17, 15) is 4.79 Å². The van der Waals surface area contributed by atoms with Crippen molar-refractivity contribution in [1.82, 2.24) is 9.97 Å². The Morgan fingerprint density at radius 2 is 1.81 bits per heavy atom. The first-order valence-electron chi connectivity index (χ1n) is 9.32. The highest BCUT2D eigenvalue weighted by molar-refractivity contribution is 6.08. The Morgan fingerprint density at radius 3 is 2.54 bits per heavy atom. The molecule has 5 nitrogen and oxygen atoms in total. The maximum absolute atomic E-state index is 13.0. The third kappa shape index (κ3) is 4.21. The molecule has 1 saturated heterocycles. The molecule has 2 heterocycles. The summed E-state index contributed by atoms with van der Waals surface area (Å²) < 4.78 is 0. The standard InChI is InChI=1S/C21H28N4O/c1-15-18(20(26)24-17-9-6-5-7-10-17)19(23-16(2)22-15)25-13-8-11-21(3,4)12-14-25/h5-7,9-10H,8,11-14H2,1-4H3,(H,24,26). The number of aromatic nitrogens is 2. The SMILES string of the molecule is Cc1nc(C)c(C(=O)Nc2ccccc2)c(N2CCCC(C)(C)CC2)n1. The van der Waals surface area contributed by atoms with E-state index in [-0.39, 0.29) is 5.91 Å². The van der Waals surface area contributed by atoms with Crippen molar-refractivity contribution in [3.05, 3.63) is 47.4 Å². The number of nitrogens with one attached hydrogen (secondary N) is 1. The second-order valence-corrected chi connectivity index (χ2v) is 7.88. The zero-order valence-electron chi connectivity index (χ0n) is 16.2. The molecule has 1 aliphatic rings. The van der Waals surface area contributed by atoms with Crippen LogP contribution in [-0.4, -0.2) is 29.0 Å². The van der Waals surface area contributed by atoms with Gasteiger partial charge in [0.2, 0.25) is 0 Å². The number of benzene rings is 1. The largest absolute Gasteiger partial charge is 0.356 e. The Balaban J connectivity index is 1.93. The molecule has 5 heteroatoms. The number of carbonyl (C=O) groups is 1. The maximum Gasteiger partial charge on any atom is 0.261 e. The molecule has 1 aliphatic heterocycles. The molecule has 3 rings (SSSR count). The van der Waals surface area contributed by atoms with E-state index < -0.39 is 0 Å². The fourth-order valence-corrected chi connectivity index (χ4v) is 3.54. The van der Waals surface area contributed by atoms with Gasteiger partial charge in [0.15, 0.2) is 0 Å². The van der Waals surface area contributed by atoms with E-state index >= 15 is 0 Å². The zero-order valence-corrected chi connectivity index (χ0v) is 16.2. The van der Waals surface area contributed by atoms with E-state index in [0.29, 0.717) is 16.8 Å². The molecule has 0 saturated carbocycles. The Hall–Kier alpha value is -2.43. The van der Waals surface area contributed by atoms with Gasteiger partial charge in [-0.15, -0.1) is 0 Å². The summed E-state index contributed by atoms with van der Waals surface area (Å²) in [6.07, 6.45) is 3.39. The molecule has 0 spiro atoms. The van der Waals surface area contributed by atoms with Crippen molar-refractivity contribution in [2.75, 3.05) is 23.3 Å². The van der Waals surface area contributed by atoms with Gasteiger partial charge in [0.05, 0.1) is 5.69 Å². The van der Waals surface area contributed by atoms with Crippen LogP contribution in [0.5, 0.6) is 0 Å². The number of aryl methyl sites for hydroxylation is 2. The Labute approximate surface area is 155 Å². The van der Waals surface area contributed by atoms with E-state index in [1.165, 1.54) is 6.42 Å². The van der Waals surface area contributed by atoms with Crippen molar-refractivity contribution < 1.29 is 4.79 Å². The van der Waals surface area contributed by atoms with Crippen molar-refractivity contribution in [1.29, 1.82) is 0 Å². The van der Waals surface area contributed by atoms with Crippen LogP contribution in [0.2, 0.25) is 0 Å².